The highest BCUT2D eigenvalue weighted by Gasteiger charge is 2.31. The minimum absolute atomic E-state index is 0.138. The van der Waals surface area contributed by atoms with E-state index in [1.54, 1.807) is 0 Å². The zero-order valence-corrected chi connectivity index (χ0v) is 18.9. The van der Waals surface area contributed by atoms with Gasteiger partial charge in [-0.05, 0) is 93.2 Å². The van der Waals surface area contributed by atoms with Gasteiger partial charge in [0.25, 0.3) is 0 Å². The second-order valence-electron chi connectivity index (χ2n) is 10.8. The highest BCUT2D eigenvalue weighted by Crippen LogP contribution is 2.48. The Labute approximate surface area is 171 Å². The number of aryl methyl sites for hydroxylation is 1. The number of benzene rings is 2. The lowest BCUT2D eigenvalue weighted by Gasteiger charge is -2.28. The summed E-state index contributed by atoms with van der Waals surface area (Å²) in [6.45, 7) is 18.7. The number of hydrogen-bond donors (Lipinski definition) is 0. The maximum Gasteiger partial charge on any atom is -0.00130 e. The molecule has 0 heterocycles. The Kier molecular flexibility index (Phi) is 4.27. The number of allylic oxidation sites excluding steroid dienone is 4. The van der Waals surface area contributed by atoms with Crippen molar-refractivity contribution in [3.05, 3.63) is 75.4 Å². The maximum absolute atomic E-state index is 2.52. The Morgan fingerprint density at radius 2 is 1.43 bits per heavy atom. The fourth-order valence-electron chi connectivity index (χ4n) is 5.01. The molecule has 0 unspecified atom stereocenters. The van der Waals surface area contributed by atoms with Crippen molar-refractivity contribution in [2.24, 2.45) is 0 Å². The summed E-state index contributed by atoms with van der Waals surface area (Å²) in [5, 5.41) is 0. The van der Waals surface area contributed by atoms with Crippen LogP contribution < -0.4 is 0 Å². The van der Waals surface area contributed by atoms with E-state index < -0.39 is 0 Å². The van der Waals surface area contributed by atoms with Crippen LogP contribution in [0.25, 0.3) is 16.7 Å². The molecule has 0 saturated heterocycles. The first-order chi connectivity index (χ1) is 13.0. The Bertz CT molecular complexity index is 1030. The molecule has 2 aliphatic carbocycles. The Morgan fingerprint density at radius 3 is 2.00 bits per heavy atom. The van der Waals surface area contributed by atoms with Crippen LogP contribution in [0.2, 0.25) is 0 Å². The van der Waals surface area contributed by atoms with E-state index in [2.05, 4.69) is 91.8 Å². The summed E-state index contributed by atoms with van der Waals surface area (Å²) in [6, 6.07) is 7.41. The summed E-state index contributed by atoms with van der Waals surface area (Å²) in [4.78, 5) is 0. The van der Waals surface area contributed by atoms with E-state index in [0.717, 1.165) is 12.8 Å². The first-order valence-corrected chi connectivity index (χ1v) is 10.7. The number of rotatable bonds is 1. The van der Waals surface area contributed by atoms with Crippen LogP contribution in [0.3, 0.4) is 0 Å². The van der Waals surface area contributed by atoms with Crippen LogP contribution in [-0.4, -0.2) is 0 Å². The van der Waals surface area contributed by atoms with Crippen LogP contribution in [0.1, 0.15) is 86.9 Å². The van der Waals surface area contributed by atoms with E-state index in [-0.39, 0.29) is 10.8 Å². The summed E-state index contributed by atoms with van der Waals surface area (Å²) in [6.07, 6.45) is 8.93. The largest absolute Gasteiger partial charge is 0.0801 e. The average molecular weight is 371 g/mol. The molecule has 0 bridgehead atoms. The minimum Gasteiger partial charge on any atom is -0.0801 e. The smallest absolute Gasteiger partial charge is 0.00130 e. The molecule has 0 aromatic heterocycles. The molecule has 0 nitrogen and oxygen atoms in total. The molecule has 2 aliphatic rings. The Morgan fingerprint density at radius 1 is 0.750 bits per heavy atom. The highest BCUT2D eigenvalue weighted by molar-refractivity contribution is 5.88. The van der Waals surface area contributed by atoms with E-state index in [4.69, 9.17) is 0 Å². The van der Waals surface area contributed by atoms with Gasteiger partial charge in [-0.2, -0.15) is 0 Å². The van der Waals surface area contributed by atoms with Gasteiger partial charge in [0.2, 0.25) is 0 Å². The summed E-state index contributed by atoms with van der Waals surface area (Å²) in [5.41, 5.74) is 15.2. The zero-order valence-electron chi connectivity index (χ0n) is 18.9. The third kappa shape index (κ3) is 2.98. The van der Waals surface area contributed by atoms with Gasteiger partial charge in [-0.3, -0.25) is 0 Å². The third-order valence-electron chi connectivity index (χ3n) is 6.47. The van der Waals surface area contributed by atoms with Gasteiger partial charge in [0.15, 0.2) is 0 Å². The first-order valence-electron chi connectivity index (χ1n) is 10.7. The van der Waals surface area contributed by atoms with Crippen LogP contribution in [0.5, 0.6) is 0 Å². The monoisotopic (exact) mass is 370 g/mol. The van der Waals surface area contributed by atoms with Crippen molar-refractivity contribution in [2.75, 3.05) is 0 Å². The fourth-order valence-corrected chi connectivity index (χ4v) is 5.01. The lowest BCUT2D eigenvalue weighted by Crippen LogP contribution is -2.16. The fraction of sp³-hybridized carbons (Fsp3) is 0.429. The molecule has 2 aromatic rings. The van der Waals surface area contributed by atoms with E-state index in [9.17, 15) is 0 Å². The summed E-state index contributed by atoms with van der Waals surface area (Å²) >= 11 is 0. The van der Waals surface area contributed by atoms with Gasteiger partial charge in [-0.15, -0.1) is 0 Å². The van der Waals surface area contributed by atoms with Crippen LogP contribution in [0.15, 0.2) is 36.4 Å². The minimum atomic E-state index is 0.138. The van der Waals surface area contributed by atoms with E-state index in [1.807, 2.05) is 0 Å². The predicted molar refractivity (Wildman–Crippen MR) is 123 cm³/mol. The summed E-state index contributed by atoms with van der Waals surface area (Å²) < 4.78 is 0. The van der Waals surface area contributed by atoms with Crippen molar-refractivity contribution in [2.45, 2.75) is 79.1 Å². The summed E-state index contributed by atoms with van der Waals surface area (Å²) in [7, 11) is 0. The molecule has 2 aromatic carbocycles. The van der Waals surface area contributed by atoms with Gasteiger partial charge in [0.1, 0.15) is 0 Å². The molecule has 0 aliphatic heterocycles. The first kappa shape index (κ1) is 19.2. The van der Waals surface area contributed by atoms with Crippen molar-refractivity contribution in [1.82, 2.24) is 0 Å². The molecule has 0 spiro atoms. The number of fused-ring (bicyclic) bond motifs is 3. The van der Waals surface area contributed by atoms with Crippen molar-refractivity contribution in [1.29, 1.82) is 0 Å². The SMILES string of the molecule is Cc1cc(C(C)(C)C)cc2c1-c1c(cc(C(C)(C)C)c(C3=CC=CC3)c1C)C2. The Balaban J connectivity index is 1.99. The van der Waals surface area contributed by atoms with Gasteiger partial charge in [0.05, 0.1) is 0 Å². The van der Waals surface area contributed by atoms with Crippen LogP contribution in [-0.2, 0) is 17.3 Å². The number of hydrogen-bond acceptors (Lipinski definition) is 0. The molecule has 0 radical (unpaired) electrons. The van der Waals surface area contributed by atoms with E-state index in [1.165, 1.54) is 55.6 Å². The van der Waals surface area contributed by atoms with Crippen LogP contribution in [0.4, 0.5) is 0 Å². The molecule has 0 heteroatoms. The molecular formula is C28H34. The van der Waals surface area contributed by atoms with E-state index >= 15 is 0 Å². The second kappa shape index (κ2) is 6.21. The van der Waals surface area contributed by atoms with Gasteiger partial charge in [0, 0.05) is 0 Å². The van der Waals surface area contributed by atoms with Crippen molar-refractivity contribution in [3.63, 3.8) is 0 Å². The van der Waals surface area contributed by atoms with Gasteiger partial charge >= 0.3 is 0 Å². The molecule has 0 saturated carbocycles. The molecule has 4 rings (SSSR count). The zero-order chi connectivity index (χ0) is 20.4. The molecule has 0 N–H and O–H groups in total. The third-order valence-corrected chi connectivity index (χ3v) is 6.47. The van der Waals surface area contributed by atoms with Crippen LogP contribution in [0, 0.1) is 13.8 Å². The highest BCUT2D eigenvalue weighted by atomic mass is 14.3. The van der Waals surface area contributed by atoms with Gasteiger partial charge < -0.3 is 0 Å². The van der Waals surface area contributed by atoms with Crippen LogP contribution >= 0.6 is 0 Å². The van der Waals surface area contributed by atoms with Crippen molar-refractivity contribution >= 4 is 5.57 Å². The molecule has 146 valence electrons. The predicted octanol–water partition coefficient (Wildman–Crippen LogP) is 7.81. The van der Waals surface area contributed by atoms with Gasteiger partial charge in [-0.25, -0.2) is 0 Å². The second-order valence-corrected chi connectivity index (χ2v) is 10.8. The lowest BCUT2D eigenvalue weighted by atomic mass is 9.77. The molecular weight excluding hydrogens is 336 g/mol. The summed E-state index contributed by atoms with van der Waals surface area (Å²) in [5.74, 6) is 0. The Hall–Kier alpha value is -2.08. The molecule has 28 heavy (non-hydrogen) atoms. The van der Waals surface area contributed by atoms with Crippen molar-refractivity contribution < 1.29 is 0 Å². The quantitative estimate of drug-likeness (QED) is 0.409. The molecule has 0 atom stereocenters. The average Bonchev–Trinajstić information content (AvgIpc) is 3.19. The topological polar surface area (TPSA) is 0 Å². The molecule has 0 amide bonds. The molecule has 0 fully saturated rings. The normalized spacial score (nSPS) is 15.6. The van der Waals surface area contributed by atoms with E-state index in [0.29, 0.717) is 0 Å². The van der Waals surface area contributed by atoms with Crippen molar-refractivity contribution in [3.8, 4) is 11.1 Å². The van der Waals surface area contributed by atoms with Gasteiger partial charge in [-0.1, -0.05) is 78.0 Å². The maximum atomic E-state index is 2.52. The standard InChI is InChI=1S/C28H34/c1-17-13-22(27(3,4)5)15-20-14-21-16-23(28(6,7)8)25(19-11-9-10-12-19)18(2)26(21)24(17)20/h9-11,13,15-16H,12,14H2,1-8H3. The lowest BCUT2D eigenvalue weighted by molar-refractivity contribution is 0.587.